The smallest absolute Gasteiger partial charge is 0.331 e. The second kappa shape index (κ2) is 7.67. The Morgan fingerprint density at radius 3 is 2.24 bits per heavy atom. The Morgan fingerprint density at radius 1 is 1.24 bits per heavy atom. The number of anilines is 1. The maximum atomic E-state index is 12.8. The molecular formula is C16H26N4O. The fourth-order valence-corrected chi connectivity index (χ4v) is 2.40. The summed E-state index contributed by atoms with van der Waals surface area (Å²) in [7, 11) is 0. The summed E-state index contributed by atoms with van der Waals surface area (Å²) in [4.78, 5) is 15.8. The van der Waals surface area contributed by atoms with Crippen molar-refractivity contribution in [2.75, 3.05) is 18.0 Å². The SMILES string of the molecule is CCCCN(C(=N)N)C(=O)N(CC)c1c(C)cccc1C. The van der Waals surface area contributed by atoms with E-state index in [-0.39, 0.29) is 12.0 Å². The second-order valence-corrected chi connectivity index (χ2v) is 5.16. The van der Waals surface area contributed by atoms with Crippen LogP contribution in [0.1, 0.15) is 37.8 Å². The van der Waals surface area contributed by atoms with Crippen LogP contribution in [0.15, 0.2) is 18.2 Å². The third-order valence-electron chi connectivity index (χ3n) is 3.51. The van der Waals surface area contributed by atoms with Crippen LogP contribution in [0.5, 0.6) is 0 Å². The summed E-state index contributed by atoms with van der Waals surface area (Å²) in [5.41, 5.74) is 8.59. The normalized spacial score (nSPS) is 10.3. The molecule has 0 aromatic heterocycles. The van der Waals surface area contributed by atoms with Gasteiger partial charge in [-0.3, -0.25) is 15.2 Å². The molecule has 2 amide bonds. The number of nitrogens with zero attached hydrogens (tertiary/aromatic N) is 2. The minimum Gasteiger partial charge on any atom is -0.370 e. The van der Waals surface area contributed by atoms with Crippen LogP contribution in [0.4, 0.5) is 10.5 Å². The minimum absolute atomic E-state index is 0.196. The molecule has 0 saturated carbocycles. The second-order valence-electron chi connectivity index (χ2n) is 5.16. The number of benzene rings is 1. The lowest BCUT2D eigenvalue weighted by molar-refractivity contribution is 0.226. The Hall–Kier alpha value is -2.04. The predicted octanol–water partition coefficient (Wildman–Crippen LogP) is 3.25. The van der Waals surface area contributed by atoms with Gasteiger partial charge in [0, 0.05) is 13.1 Å². The lowest BCUT2D eigenvalue weighted by Gasteiger charge is -2.30. The number of hydrogen-bond acceptors (Lipinski definition) is 2. The van der Waals surface area contributed by atoms with Gasteiger partial charge in [-0.25, -0.2) is 4.79 Å². The number of para-hydroxylation sites is 1. The highest BCUT2D eigenvalue weighted by Crippen LogP contribution is 2.25. The molecule has 0 bridgehead atoms. The molecule has 3 N–H and O–H groups in total. The van der Waals surface area contributed by atoms with E-state index in [1.54, 1.807) is 4.90 Å². The van der Waals surface area contributed by atoms with Gasteiger partial charge >= 0.3 is 6.03 Å². The quantitative estimate of drug-likeness (QED) is 0.645. The largest absolute Gasteiger partial charge is 0.370 e. The highest BCUT2D eigenvalue weighted by atomic mass is 16.2. The number of hydrogen-bond donors (Lipinski definition) is 2. The first kappa shape index (κ1) is 17.0. The molecule has 5 nitrogen and oxygen atoms in total. The van der Waals surface area contributed by atoms with Gasteiger partial charge in [-0.15, -0.1) is 0 Å². The van der Waals surface area contributed by atoms with Crippen molar-refractivity contribution in [3.05, 3.63) is 29.3 Å². The average Bonchev–Trinajstić information content (AvgIpc) is 2.42. The van der Waals surface area contributed by atoms with E-state index in [4.69, 9.17) is 11.1 Å². The number of urea groups is 1. The van der Waals surface area contributed by atoms with E-state index in [0.717, 1.165) is 29.7 Å². The summed E-state index contributed by atoms with van der Waals surface area (Å²) < 4.78 is 0. The Bertz CT molecular complexity index is 493. The van der Waals surface area contributed by atoms with Crippen LogP contribution < -0.4 is 10.6 Å². The molecule has 0 spiro atoms. The van der Waals surface area contributed by atoms with Crippen LogP contribution in [0.2, 0.25) is 0 Å². The summed E-state index contributed by atoms with van der Waals surface area (Å²) in [5.74, 6) is -0.196. The molecule has 0 radical (unpaired) electrons. The third-order valence-corrected chi connectivity index (χ3v) is 3.51. The molecule has 0 saturated heterocycles. The van der Waals surface area contributed by atoms with Crippen LogP contribution >= 0.6 is 0 Å². The summed E-state index contributed by atoms with van der Waals surface area (Å²) in [6.45, 7) is 8.98. The third kappa shape index (κ3) is 3.97. The first-order chi connectivity index (χ1) is 9.93. The Morgan fingerprint density at radius 2 is 1.81 bits per heavy atom. The van der Waals surface area contributed by atoms with E-state index >= 15 is 0 Å². The summed E-state index contributed by atoms with van der Waals surface area (Å²) in [5, 5.41) is 7.65. The molecule has 21 heavy (non-hydrogen) atoms. The number of aryl methyl sites for hydroxylation is 2. The van der Waals surface area contributed by atoms with Crippen molar-refractivity contribution in [1.82, 2.24) is 4.90 Å². The van der Waals surface area contributed by atoms with E-state index in [0.29, 0.717) is 13.1 Å². The molecule has 116 valence electrons. The zero-order valence-electron chi connectivity index (χ0n) is 13.4. The molecule has 0 aliphatic rings. The van der Waals surface area contributed by atoms with Gasteiger partial charge in [-0.05, 0) is 38.3 Å². The van der Waals surface area contributed by atoms with E-state index in [2.05, 4.69) is 0 Å². The van der Waals surface area contributed by atoms with Crippen LogP contribution in [0, 0.1) is 19.3 Å². The van der Waals surface area contributed by atoms with Crippen molar-refractivity contribution in [1.29, 1.82) is 5.41 Å². The predicted molar refractivity (Wildman–Crippen MR) is 87.9 cm³/mol. The number of nitrogens with one attached hydrogen (secondary N) is 1. The van der Waals surface area contributed by atoms with Crippen LogP contribution in [0.25, 0.3) is 0 Å². The number of guanidine groups is 1. The van der Waals surface area contributed by atoms with Gasteiger partial charge in [-0.1, -0.05) is 31.5 Å². The summed E-state index contributed by atoms with van der Waals surface area (Å²) >= 11 is 0. The van der Waals surface area contributed by atoms with E-state index in [1.165, 1.54) is 4.90 Å². The lowest BCUT2D eigenvalue weighted by atomic mass is 10.1. The molecule has 1 aromatic carbocycles. The highest BCUT2D eigenvalue weighted by Gasteiger charge is 2.24. The molecule has 0 atom stereocenters. The van der Waals surface area contributed by atoms with Crippen LogP contribution in [-0.4, -0.2) is 30.0 Å². The van der Waals surface area contributed by atoms with Gasteiger partial charge in [-0.2, -0.15) is 0 Å². The number of unbranched alkanes of at least 4 members (excludes halogenated alkanes) is 1. The fraction of sp³-hybridized carbons (Fsp3) is 0.500. The van der Waals surface area contributed by atoms with Gasteiger partial charge in [0.1, 0.15) is 0 Å². The standard InChI is InChI=1S/C16H26N4O/c1-5-7-11-20(15(17)18)16(21)19(6-2)14-12(3)9-8-10-13(14)4/h8-10H,5-7,11H2,1-4H3,(H3,17,18). The van der Waals surface area contributed by atoms with E-state index in [9.17, 15) is 4.79 Å². The first-order valence-electron chi connectivity index (χ1n) is 7.43. The number of amides is 2. The summed E-state index contributed by atoms with van der Waals surface area (Å²) in [6, 6.07) is 5.73. The van der Waals surface area contributed by atoms with Crippen molar-refractivity contribution in [2.24, 2.45) is 5.73 Å². The average molecular weight is 290 g/mol. The number of rotatable bonds is 5. The maximum Gasteiger partial charge on any atom is 0.331 e. The Kier molecular flexibility index (Phi) is 6.21. The topological polar surface area (TPSA) is 73.4 Å². The van der Waals surface area contributed by atoms with Crippen molar-refractivity contribution >= 4 is 17.7 Å². The fourth-order valence-electron chi connectivity index (χ4n) is 2.40. The van der Waals surface area contributed by atoms with Crippen molar-refractivity contribution in [3.8, 4) is 0 Å². The molecular weight excluding hydrogens is 264 g/mol. The number of carbonyl (C=O) groups excluding carboxylic acids is 1. The van der Waals surface area contributed by atoms with E-state index in [1.807, 2.05) is 45.9 Å². The van der Waals surface area contributed by atoms with Gasteiger partial charge in [0.2, 0.25) is 0 Å². The number of nitrogens with two attached hydrogens (primary N) is 1. The van der Waals surface area contributed by atoms with E-state index < -0.39 is 0 Å². The van der Waals surface area contributed by atoms with Crippen LogP contribution in [0.3, 0.4) is 0 Å². The molecule has 0 unspecified atom stereocenters. The van der Waals surface area contributed by atoms with Crippen molar-refractivity contribution < 1.29 is 4.79 Å². The van der Waals surface area contributed by atoms with Gasteiger partial charge < -0.3 is 5.73 Å². The van der Waals surface area contributed by atoms with Gasteiger partial charge in [0.15, 0.2) is 5.96 Å². The lowest BCUT2D eigenvalue weighted by Crippen LogP contribution is -2.49. The summed E-state index contributed by atoms with van der Waals surface area (Å²) in [6.07, 6.45) is 1.78. The maximum absolute atomic E-state index is 12.8. The molecule has 1 rings (SSSR count). The van der Waals surface area contributed by atoms with Gasteiger partial charge in [0.05, 0.1) is 5.69 Å². The van der Waals surface area contributed by atoms with Crippen molar-refractivity contribution in [2.45, 2.75) is 40.5 Å². The zero-order valence-corrected chi connectivity index (χ0v) is 13.4. The molecule has 0 fully saturated rings. The Labute approximate surface area is 127 Å². The first-order valence-corrected chi connectivity index (χ1v) is 7.43. The Balaban J connectivity index is 3.13. The van der Waals surface area contributed by atoms with Crippen molar-refractivity contribution in [3.63, 3.8) is 0 Å². The number of carbonyl (C=O) groups is 1. The molecule has 1 aromatic rings. The molecule has 0 heterocycles. The zero-order chi connectivity index (χ0) is 16.0. The van der Waals surface area contributed by atoms with Crippen LogP contribution in [-0.2, 0) is 0 Å². The monoisotopic (exact) mass is 290 g/mol. The molecule has 0 aliphatic heterocycles. The minimum atomic E-state index is -0.226. The molecule has 0 aliphatic carbocycles. The van der Waals surface area contributed by atoms with Gasteiger partial charge in [0.25, 0.3) is 0 Å². The highest BCUT2D eigenvalue weighted by molar-refractivity contribution is 6.03. The molecule has 5 heteroatoms.